The number of fused-ring (bicyclic) bond motifs is 3. The van der Waals surface area contributed by atoms with E-state index < -0.39 is 0 Å². The van der Waals surface area contributed by atoms with Gasteiger partial charge in [-0.1, -0.05) is 179 Å². The highest BCUT2D eigenvalue weighted by molar-refractivity contribution is 6.12. The molecule has 0 unspecified atom stereocenters. The molecule has 366 valence electrons. The minimum Gasteiger partial charge on any atom is -0.505 e. The van der Waals surface area contributed by atoms with Crippen molar-refractivity contribution in [3.8, 4) is 50.6 Å². The second-order valence-corrected chi connectivity index (χ2v) is 26.3. The Hall–Kier alpha value is -5.35. The summed E-state index contributed by atoms with van der Waals surface area (Å²) in [6.07, 6.45) is 1.55. The molecule has 0 amide bonds. The zero-order valence-corrected chi connectivity index (χ0v) is 45.9. The highest BCUT2D eigenvalue weighted by atomic mass is 19.1. The highest BCUT2D eigenvalue weighted by Gasteiger charge is 2.32. The van der Waals surface area contributed by atoms with E-state index in [1.807, 2.05) is 13.8 Å². The maximum absolute atomic E-state index is 15.8. The number of rotatable bonds is 9. The molecule has 7 rings (SSSR count). The van der Waals surface area contributed by atoms with Crippen LogP contribution in [-0.4, -0.2) is 15.8 Å². The second kappa shape index (κ2) is 17.8. The van der Waals surface area contributed by atoms with Gasteiger partial charge in [0.05, 0.1) is 22.8 Å². The number of phenols is 1. The molecule has 0 aliphatic carbocycles. The standard InChI is InChI=1S/C65H82FNO2/c1-21-40(3)69-59-39(2)26-50(66)37-54(59)53-35-49(65(19,20)38-60(4,5)6)36-57(58(53)68)67-55-25-23-41(43-27-45(61(7,8)9)33-46(28-43)62(10,11)12)31-52(55)51-24-22-42(32-56(51)67)44-29-47(63(13,14)15)34-48(30-44)64(16,17)18/h22-37,40,68H,21,38H2,1-20H3/t40-/m1/s1. The number of phenolic OH excluding ortho intramolecular Hbond substituents is 1. The Morgan fingerprint density at radius 3 is 1.49 bits per heavy atom. The molecule has 3 nitrogen and oxygen atoms in total. The Labute approximate surface area is 415 Å². The van der Waals surface area contributed by atoms with E-state index >= 15 is 4.39 Å². The van der Waals surface area contributed by atoms with Crippen LogP contribution in [0.1, 0.15) is 178 Å². The minimum absolute atomic E-state index is 0.00474. The van der Waals surface area contributed by atoms with Crippen LogP contribution in [-0.2, 0) is 27.1 Å². The van der Waals surface area contributed by atoms with Crippen LogP contribution in [0.5, 0.6) is 11.5 Å². The molecule has 0 spiro atoms. The zero-order valence-electron chi connectivity index (χ0n) is 45.9. The normalized spacial score (nSPS) is 13.7. The lowest BCUT2D eigenvalue weighted by atomic mass is 9.71. The topological polar surface area (TPSA) is 34.4 Å². The maximum Gasteiger partial charge on any atom is 0.147 e. The molecule has 0 aliphatic rings. The fraction of sp³-hybridized carbons (Fsp3) is 0.446. The third kappa shape index (κ3) is 10.7. The van der Waals surface area contributed by atoms with Crippen molar-refractivity contribution in [3.63, 3.8) is 0 Å². The minimum atomic E-state index is -0.370. The number of aromatic hydroxyl groups is 1. The number of benzene rings is 6. The Kier molecular flexibility index (Phi) is 13.3. The number of aryl methyl sites for hydroxylation is 1. The highest BCUT2D eigenvalue weighted by Crippen LogP contribution is 2.49. The monoisotopic (exact) mass is 928 g/mol. The van der Waals surface area contributed by atoms with Crippen LogP contribution in [0.4, 0.5) is 4.39 Å². The number of halogens is 1. The van der Waals surface area contributed by atoms with Crippen molar-refractivity contribution in [2.45, 2.75) is 184 Å². The van der Waals surface area contributed by atoms with Crippen LogP contribution in [0.25, 0.3) is 60.9 Å². The molecule has 69 heavy (non-hydrogen) atoms. The van der Waals surface area contributed by atoms with Crippen LogP contribution >= 0.6 is 0 Å². The van der Waals surface area contributed by atoms with Crippen molar-refractivity contribution in [2.24, 2.45) is 5.41 Å². The van der Waals surface area contributed by atoms with E-state index in [9.17, 15) is 5.11 Å². The Balaban J connectivity index is 1.64. The van der Waals surface area contributed by atoms with E-state index in [0.29, 0.717) is 28.1 Å². The van der Waals surface area contributed by atoms with Crippen LogP contribution < -0.4 is 4.74 Å². The molecule has 0 bridgehead atoms. The first-order valence-electron chi connectivity index (χ1n) is 25.4. The molecule has 0 saturated heterocycles. The van der Waals surface area contributed by atoms with Crippen LogP contribution in [0.3, 0.4) is 0 Å². The van der Waals surface area contributed by atoms with Gasteiger partial charge in [-0.15, -0.1) is 0 Å². The van der Waals surface area contributed by atoms with Gasteiger partial charge in [0.2, 0.25) is 0 Å². The Bertz CT molecular complexity index is 3000. The van der Waals surface area contributed by atoms with Gasteiger partial charge in [0.25, 0.3) is 0 Å². The van der Waals surface area contributed by atoms with Crippen LogP contribution in [0, 0.1) is 18.2 Å². The van der Waals surface area contributed by atoms with E-state index in [4.69, 9.17) is 4.74 Å². The summed E-state index contributed by atoms with van der Waals surface area (Å²) in [5.74, 6) is 0.299. The second-order valence-electron chi connectivity index (χ2n) is 26.3. The number of nitrogens with zero attached hydrogens (tertiary/aromatic N) is 1. The first-order chi connectivity index (χ1) is 31.7. The summed E-state index contributed by atoms with van der Waals surface area (Å²) >= 11 is 0. The molecular formula is C65H82FNO2. The van der Waals surface area contributed by atoms with Crippen molar-refractivity contribution in [3.05, 3.63) is 136 Å². The zero-order chi connectivity index (χ0) is 51.1. The van der Waals surface area contributed by atoms with Gasteiger partial charge in [0.1, 0.15) is 17.3 Å². The summed E-state index contributed by atoms with van der Waals surface area (Å²) in [6, 6.07) is 35.2. The van der Waals surface area contributed by atoms with E-state index in [-0.39, 0.29) is 50.2 Å². The lowest BCUT2D eigenvalue weighted by molar-refractivity contribution is 0.216. The van der Waals surface area contributed by atoms with Gasteiger partial charge in [-0.25, -0.2) is 4.39 Å². The lowest BCUT2D eigenvalue weighted by Crippen LogP contribution is -2.25. The van der Waals surface area contributed by atoms with Crippen molar-refractivity contribution >= 4 is 21.8 Å². The van der Waals surface area contributed by atoms with Crippen molar-refractivity contribution < 1.29 is 14.2 Å². The Morgan fingerprint density at radius 1 is 0.522 bits per heavy atom. The fourth-order valence-corrected chi connectivity index (χ4v) is 10.1. The van der Waals surface area contributed by atoms with Gasteiger partial charge in [0.15, 0.2) is 0 Å². The fourth-order valence-electron chi connectivity index (χ4n) is 10.1. The summed E-state index contributed by atoms with van der Waals surface area (Å²) in [5.41, 5.74) is 14.7. The average Bonchev–Trinajstić information content (AvgIpc) is 3.54. The average molecular weight is 928 g/mol. The van der Waals surface area contributed by atoms with E-state index in [0.717, 1.165) is 56.9 Å². The summed E-state index contributed by atoms with van der Waals surface area (Å²) in [5, 5.41) is 15.3. The molecule has 1 aromatic heterocycles. The van der Waals surface area contributed by atoms with Crippen molar-refractivity contribution in [1.29, 1.82) is 0 Å². The van der Waals surface area contributed by atoms with E-state index in [2.05, 4.69) is 214 Å². The number of hydrogen-bond donors (Lipinski definition) is 1. The SMILES string of the molecule is CC[C@@H](C)Oc1c(C)cc(F)cc1-c1cc(C(C)(C)CC(C)(C)C)cc(-n2c3ccc(-c4cc(C(C)(C)C)cc(C(C)(C)C)c4)cc3c3ccc(-c4cc(C(C)(C)C)cc(C(C)(C)C)c4)cc32)c1O. The van der Waals surface area contributed by atoms with E-state index in [1.165, 1.54) is 39.9 Å². The molecule has 1 N–H and O–H groups in total. The third-order valence-electron chi connectivity index (χ3n) is 14.3. The van der Waals surface area contributed by atoms with Crippen molar-refractivity contribution in [1.82, 2.24) is 4.57 Å². The van der Waals surface area contributed by atoms with Gasteiger partial charge in [-0.2, -0.15) is 0 Å². The first-order valence-corrected chi connectivity index (χ1v) is 25.4. The molecular weight excluding hydrogens is 846 g/mol. The van der Waals surface area contributed by atoms with Gasteiger partial charge >= 0.3 is 0 Å². The quantitative estimate of drug-likeness (QED) is 0.157. The summed E-state index contributed by atoms with van der Waals surface area (Å²) in [6.45, 7) is 44.9. The summed E-state index contributed by atoms with van der Waals surface area (Å²) in [7, 11) is 0. The lowest BCUT2D eigenvalue weighted by Gasteiger charge is -2.34. The van der Waals surface area contributed by atoms with Gasteiger partial charge < -0.3 is 14.4 Å². The van der Waals surface area contributed by atoms with Gasteiger partial charge in [-0.3, -0.25) is 0 Å². The summed E-state index contributed by atoms with van der Waals surface area (Å²) < 4.78 is 24.7. The van der Waals surface area contributed by atoms with Crippen LogP contribution in [0.15, 0.2) is 97.1 Å². The predicted octanol–water partition coefficient (Wildman–Crippen LogP) is 19.0. The largest absolute Gasteiger partial charge is 0.505 e. The van der Waals surface area contributed by atoms with Crippen LogP contribution in [0.2, 0.25) is 0 Å². The predicted molar refractivity (Wildman–Crippen MR) is 296 cm³/mol. The molecule has 1 atom stereocenters. The van der Waals surface area contributed by atoms with Crippen molar-refractivity contribution in [2.75, 3.05) is 0 Å². The number of hydrogen-bond acceptors (Lipinski definition) is 2. The third-order valence-corrected chi connectivity index (χ3v) is 14.3. The number of ether oxygens (including phenoxy) is 1. The molecule has 0 fully saturated rings. The molecule has 4 heteroatoms. The molecule has 6 aromatic carbocycles. The van der Waals surface area contributed by atoms with Gasteiger partial charge in [-0.05, 0) is 157 Å². The molecule has 0 radical (unpaired) electrons. The number of aromatic nitrogens is 1. The molecule has 0 saturated carbocycles. The molecule has 7 aromatic rings. The van der Waals surface area contributed by atoms with E-state index in [1.54, 1.807) is 0 Å². The Morgan fingerprint density at radius 2 is 1.01 bits per heavy atom. The summed E-state index contributed by atoms with van der Waals surface area (Å²) in [4.78, 5) is 0. The maximum atomic E-state index is 15.8. The molecule has 1 heterocycles. The smallest absolute Gasteiger partial charge is 0.147 e. The van der Waals surface area contributed by atoms with Gasteiger partial charge in [0, 0.05) is 21.9 Å². The first kappa shape index (κ1) is 51.5. The molecule has 0 aliphatic heterocycles.